The zero-order valence-electron chi connectivity index (χ0n) is 13.9. The Labute approximate surface area is 144 Å². The van der Waals surface area contributed by atoms with E-state index >= 15 is 0 Å². The number of hydrogen-bond donors (Lipinski definition) is 2. The van der Waals surface area contributed by atoms with Crippen molar-refractivity contribution in [1.29, 1.82) is 0 Å². The van der Waals surface area contributed by atoms with Crippen LogP contribution < -0.4 is 15.7 Å². The minimum absolute atomic E-state index is 0.0747. The average molecular weight is 338 g/mol. The van der Waals surface area contributed by atoms with Gasteiger partial charge in [0.1, 0.15) is 11.5 Å². The van der Waals surface area contributed by atoms with E-state index in [1.165, 1.54) is 16.8 Å². The van der Waals surface area contributed by atoms with Crippen LogP contribution in [0.2, 0.25) is 0 Å². The van der Waals surface area contributed by atoms with Crippen LogP contribution in [0.15, 0.2) is 52.4 Å². The number of nitrogens with zero attached hydrogens (tertiary/aromatic N) is 3. The van der Waals surface area contributed by atoms with Crippen LogP contribution >= 0.6 is 0 Å². The van der Waals surface area contributed by atoms with E-state index in [9.17, 15) is 9.90 Å². The first-order valence-electron chi connectivity index (χ1n) is 7.79. The Hall–Kier alpha value is -3.35. The summed E-state index contributed by atoms with van der Waals surface area (Å²) in [4.78, 5) is 17.0. The van der Waals surface area contributed by atoms with Gasteiger partial charge in [-0.05, 0) is 37.3 Å². The summed E-state index contributed by atoms with van der Waals surface area (Å²) in [5, 5.41) is 14.5. The van der Waals surface area contributed by atoms with Gasteiger partial charge in [0.05, 0.1) is 24.2 Å². The molecule has 2 aromatic carbocycles. The zero-order chi connectivity index (χ0) is 17.8. The molecule has 1 heterocycles. The summed E-state index contributed by atoms with van der Waals surface area (Å²) in [5.41, 5.74) is 3.73. The van der Waals surface area contributed by atoms with E-state index in [1.54, 1.807) is 31.4 Å². The molecule has 0 aliphatic carbocycles. The highest BCUT2D eigenvalue weighted by molar-refractivity contribution is 5.84. The summed E-state index contributed by atoms with van der Waals surface area (Å²) >= 11 is 0. The monoisotopic (exact) mass is 338 g/mol. The Morgan fingerprint density at radius 3 is 2.88 bits per heavy atom. The number of nitrogens with one attached hydrogen (secondary N) is 1. The van der Waals surface area contributed by atoms with Crippen molar-refractivity contribution in [3.05, 3.63) is 58.4 Å². The fourth-order valence-corrected chi connectivity index (χ4v) is 2.47. The molecule has 0 saturated heterocycles. The number of hydrogen-bond acceptors (Lipinski definition) is 6. The van der Waals surface area contributed by atoms with Crippen LogP contribution in [0.4, 0.5) is 5.95 Å². The van der Waals surface area contributed by atoms with Gasteiger partial charge in [-0.2, -0.15) is 5.10 Å². The first-order chi connectivity index (χ1) is 12.1. The maximum absolute atomic E-state index is 12.5. The molecule has 25 heavy (non-hydrogen) atoms. The SMILES string of the molecule is CCn1c(N/N=C/c2cc(OC)ccc2O)nc2ccccc2c1=O. The second-order valence-corrected chi connectivity index (χ2v) is 5.30. The van der Waals surface area contributed by atoms with Crippen LogP contribution in [0.5, 0.6) is 11.5 Å². The van der Waals surface area contributed by atoms with Gasteiger partial charge < -0.3 is 9.84 Å². The topological polar surface area (TPSA) is 88.7 Å². The predicted molar refractivity (Wildman–Crippen MR) is 97.6 cm³/mol. The summed E-state index contributed by atoms with van der Waals surface area (Å²) in [5.74, 6) is 1.02. The molecule has 0 bridgehead atoms. The molecule has 0 saturated carbocycles. The van der Waals surface area contributed by atoms with E-state index in [-0.39, 0.29) is 11.3 Å². The highest BCUT2D eigenvalue weighted by Gasteiger charge is 2.08. The third-order valence-electron chi connectivity index (χ3n) is 3.78. The van der Waals surface area contributed by atoms with Crippen molar-refractivity contribution in [2.45, 2.75) is 13.5 Å². The number of ether oxygens (including phenoxy) is 1. The van der Waals surface area contributed by atoms with E-state index in [0.29, 0.717) is 34.7 Å². The fraction of sp³-hybridized carbons (Fsp3) is 0.167. The minimum Gasteiger partial charge on any atom is -0.507 e. The van der Waals surface area contributed by atoms with Crippen LogP contribution in [-0.4, -0.2) is 28.0 Å². The smallest absolute Gasteiger partial charge is 0.262 e. The molecular formula is C18H18N4O3. The lowest BCUT2D eigenvalue weighted by atomic mass is 10.2. The normalized spacial score (nSPS) is 11.1. The molecule has 0 unspecified atom stereocenters. The lowest BCUT2D eigenvalue weighted by Crippen LogP contribution is -2.23. The summed E-state index contributed by atoms with van der Waals surface area (Å²) in [6.07, 6.45) is 1.44. The maximum Gasteiger partial charge on any atom is 0.262 e. The lowest BCUT2D eigenvalue weighted by molar-refractivity contribution is 0.412. The number of aromatic nitrogens is 2. The number of phenols is 1. The first-order valence-corrected chi connectivity index (χ1v) is 7.79. The van der Waals surface area contributed by atoms with E-state index in [0.717, 1.165) is 0 Å². The number of phenolic OH excluding ortho intramolecular Hbond substituents is 1. The largest absolute Gasteiger partial charge is 0.507 e. The molecule has 2 N–H and O–H groups in total. The summed E-state index contributed by atoms with van der Waals surface area (Å²) < 4.78 is 6.63. The lowest BCUT2D eigenvalue weighted by Gasteiger charge is -2.10. The van der Waals surface area contributed by atoms with E-state index in [4.69, 9.17) is 4.74 Å². The Kier molecular flexibility index (Phi) is 4.65. The van der Waals surface area contributed by atoms with Crippen LogP contribution in [0, 0.1) is 0 Å². The van der Waals surface area contributed by atoms with Crippen LogP contribution in [0.3, 0.4) is 0 Å². The quantitative estimate of drug-likeness (QED) is 0.551. The highest BCUT2D eigenvalue weighted by atomic mass is 16.5. The van der Waals surface area contributed by atoms with Gasteiger partial charge in [0.15, 0.2) is 0 Å². The molecule has 0 spiro atoms. The molecule has 7 nitrogen and oxygen atoms in total. The molecule has 3 rings (SSSR count). The Balaban J connectivity index is 1.94. The van der Waals surface area contributed by atoms with Crippen LogP contribution in [0.1, 0.15) is 12.5 Å². The number of methoxy groups -OCH3 is 1. The predicted octanol–water partition coefficient (Wildman–Crippen LogP) is 2.58. The number of benzene rings is 2. The summed E-state index contributed by atoms with van der Waals surface area (Å²) in [7, 11) is 1.55. The van der Waals surface area contributed by atoms with Gasteiger partial charge in [-0.3, -0.25) is 9.36 Å². The van der Waals surface area contributed by atoms with E-state index in [2.05, 4.69) is 15.5 Å². The van der Waals surface area contributed by atoms with Gasteiger partial charge >= 0.3 is 0 Å². The molecule has 0 fully saturated rings. The first kappa shape index (κ1) is 16.5. The van der Waals surface area contributed by atoms with Crippen molar-refractivity contribution >= 4 is 23.1 Å². The van der Waals surface area contributed by atoms with E-state index < -0.39 is 0 Å². The standard InChI is InChI=1S/C18H18N4O3/c1-3-22-17(24)14-6-4-5-7-15(14)20-18(22)21-19-11-12-10-13(25-2)8-9-16(12)23/h4-11,23H,3H2,1-2H3,(H,20,21)/b19-11+. The molecule has 128 valence electrons. The summed E-state index contributed by atoms with van der Waals surface area (Å²) in [6.45, 7) is 2.32. The molecule has 7 heteroatoms. The molecule has 3 aromatic rings. The molecule has 0 atom stereocenters. The highest BCUT2D eigenvalue weighted by Crippen LogP contribution is 2.21. The number of fused-ring (bicyclic) bond motifs is 1. The maximum atomic E-state index is 12.5. The second-order valence-electron chi connectivity index (χ2n) is 5.30. The van der Waals surface area contributed by atoms with Crippen molar-refractivity contribution in [3.63, 3.8) is 0 Å². The van der Waals surface area contributed by atoms with Gasteiger partial charge in [0, 0.05) is 12.1 Å². The van der Waals surface area contributed by atoms with Crippen molar-refractivity contribution in [1.82, 2.24) is 9.55 Å². The van der Waals surface area contributed by atoms with Crippen LogP contribution in [0.25, 0.3) is 10.9 Å². The molecule has 0 amide bonds. The molecule has 0 radical (unpaired) electrons. The molecule has 0 aliphatic heterocycles. The minimum atomic E-state index is -0.130. The van der Waals surface area contributed by atoms with Gasteiger partial charge in [-0.25, -0.2) is 10.4 Å². The number of rotatable bonds is 5. The Bertz CT molecular complexity index is 995. The fourth-order valence-electron chi connectivity index (χ4n) is 2.47. The number of anilines is 1. The third-order valence-corrected chi connectivity index (χ3v) is 3.78. The van der Waals surface area contributed by atoms with Gasteiger partial charge in [0.2, 0.25) is 5.95 Å². The van der Waals surface area contributed by atoms with Crippen molar-refractivity contribution in [2.75, 3.05) is 12.5 Å². The molecule has 1 aromatic heterocycles. The van der Waals surface area contributed by atoms with Gasteiger partial charge in [-0.1, -0.05) is 12.1 Å². The van der Waals surface area contributed by atoms with Crippen molar-refractivity contribution in [3.8, 4) is 11.5 Å². The molecular weight excluding hydrogens is 320 g/mol. The second kappa shape index (κ2) is 7.04. The molecule has 0 aliphatic rings. The Morgan fingerprint density at radius 2 is 2.12 bits per heavy atom. The van der Waals surface area contributed by atoms with E-state index in [1.807, 2.05) is 19.1 Å². The van der Waals surface area contributed by atoms with Crippen molar-refractivity contribution < 1.29 is 9.84 Å². The summed E-state index contributed by atoms with van der Waals surface area (Å²) in [6, 6.07) is 12.0. The van der Waals surface area contributed by atoms with Crippen molar-refractivity contribution in [2.24, 2.45) is 5.10 Å². The number of hydrazone groups is 1. The Morgan fingerprint density at radius 1 is 1.32 bits per heavy atom. The number of aromatic hydroxyl groups is 1. The zero-order valence-corrected chi connectivity index (χ0v) is 13.9. The van der Waals surface area contributed by atoms with Gasteiger partial charge in [-0.15, -0.1) is 0 Å². The number of para-hydroxylation sites is 1. The van der Waals surface area contributed by atoms with Gasteiger partial charge in [0.25, 0.3) is 5.56 Å². The third kappa shape index (κ3) is 3.30. The van der Waals surface area contributed by atoms with Crippen LogP contribution in [-0.2, 0) is 6.54 Å². The average Bonchev–Trinajstić information content (AvgIpc) is 2.63.